The molecule has 1 aromatic heterocycles. The molecule has 0 saturated heterocycles. The minimum atomic E-state index is 0.0804. The predicted molar refractivity (Wildman–Crippen MR) is 65.7 cm³/mol. The van der Waals surface area contributed by atoms with Gasteiger partial charge in [0.05, 0.1) is 10.6 Å². The summed E-state index contributed by atoms with van der Waals surface area (Å²) in [4.78, 5) is 16.5. The highest BCUT2D eigenvalue weighted by Gasteiger charge is 2.13. The molecule has 2 nitrogen and oxygen atoms in total. The van der Waals surface area contributed by atoms with E-state index < -0.39 is 0 Å². The van der Waals surface area contributed by atoms with Crippen molar-refractivity contribution in [1.82, 2.24) is 0 Å². The summed E-state index contributed by atoms with van der Waals surface area (Å²) >= 11 is 1.51. The molecular formula is C12H11NOS. The lowest BCUT2D eigenvalue weighted by Crippen LogP contribution is -1.86. The van der Waals surface area contributed by atoms with Crippen molar-refractivity contribution in [3.63, 3.8) is 0 Å². The number of benzene rings is 1. The normalized spacial score (nSPS) is 11.3. The summed E-state index contributed by atoms with van der Waals surface area (Å²) in [6.07, 6.45) is 1.72. The SMILES string of the molecule is CC=Nc1c(C(C)=O)sc2ccccc12. The number of ketones is 1. The molecule has 3 heteroatoms. The maximum absolute atomic E-state index is 11.4. The molecule has 2 rings (SSSR count). The van der Waals surface area contributed by atoms with Crippen molar-refractivity contribution in [3.05, 3.63) is 29.1 Å². The van der Waals surface area contributed by atoms with E-state index in [0.717, 1.165) is 20.7 Å². The number of aliphatic imine (C=N–C) groups is 1. The van der Waals surface area contributed by atoms with E-state index in [1.807, 2.05) is 31.2 Å². The van der Waals surface area contributed by atoms with Gasteiger partial charge in [0, 0.05) is 23.2 Å². The molecule has 0 N–H and O–H groups in total. The van der Waals surface area contributed by atoms with E-state index in [2.05, 4.69) is 4.99 Å². The number of carbonyl (C=O) groups is 1. The van der Waals surface area contributed by atoms with Gasteiger partial charge in [0.15, 0.2) is 5.78 Å². The molecule has 0 saturated carbocycles. The Morgan fingerprint density at radius 3 is 2.80 bits per heavy atom. The van der Waals surface area contributed by atoms with Crippen LogP contribution in [-0.4, -0.2) is 12.0 Å². The fourth-order valence-corrected chi connectivity index (χ4v) is 2.57. The maximum atomic E-state index is 11.4. The molecule has 1 heterocycles. The summed E-state index contributed by atoms with van der Waals surface area (Å²) in [5.41, 5.74) is 0.811. The van der Waals surface area contributed by atoms with Crippen molar-refractivity contribution in [1.29, 1.82) is 0 Å². The van der Waals surface area contributed by atoms with Crippen molar-refractivity contribution in [2.24, 2.45) is 4.99 Å². The quantitative estimate of drug-likeness (QED) is 0.555. The van der Waals surface area contributed by atoms with Crippen molar-refractivity contribution >= 4 is 39.1 Å². The Morgan fingerprint density at radius 2 is 2.13 bits per heavy atom. The fourth-order valence-electron chi connectivity index (χ4n) is 1.53. The lowest BCUT2D eigenvalue weighted by atomic mass is 10.2. The summed E-state index contributed by atoms with van der Waals surface area (Å²) in [7, 11) is 0. The van der Waals surface area contributed by atoms with Gasteiger partial charge in [-0.15, -0.1) is 11.3 Å². The average Bonchev–Trinajstić information content (AvgIpc) is 2.58. The van der Waals surface area contributed by atoms with E-state index in [1.54, 1.807) is 13.1 Å². The van der Waals surface area contributed by atoms with Crippen molar-refractivity contribution < 1.29 is 4.79 Å². The first-order chi connectivity index (χ1) is 7.24. The van der Waals surface area contributed by atoms with E-state index in [-0.39, 0.29) is 5.78 Å². The van der Waals surface area contributed by atoms with Gasteiger partial charge >= 0.3 is 0 Å². The molecule has 1 aromatic carbocycles. The minimum absolute atomic E-state index is 0.0804. The van der Waals surface area contributed by atoms with Gasteiger partial charge in [-0.1, -0.05) is 18.2 Å². The van der Waals surface area contributed by atoms with Crippen LogP contribution in [-0.2, 0) is 0 Å². The Balaban J connectivity index is 2.80. The van der Waals surface area contributed by atoms with E-state index in [9.17, 15) is 4.79 Å². The molecule has 0 fully saturated rings. The molecule has 0 spiro atoms. The summed E-state index contributed by atoms with van der Waals surface area (Å²) in [6, 6.07) is 7.96. The average molecular weight is 217 g/mol. The lowest BCUT2D eigenvalue weighted by Gasteiger charge is -1.93. The maximum Gasteiger partial charge on any atom is 0.171 e. The van der Waals surface area contributed by atoms with E-state index in [1.165, 1.54) is 11.3 Å². The molecule has 0 bridgehead atoms. The van der Waals surface area contributed by atoms with Crippen LogP contribution < -0.4 is 0 Å². The second kappa shape index (κ2) is 3.95. The second-order valence-corrected chi connectivity index (χ2v) is 4.27. The van der Waals surface area contributed by atoms with Crippen LogP contribution in [0.3, 0.4) is 0 Å². The van der Waals surface area contributed by atoms with Crippen LogP contribution in [0.5, 0.6) is 0 Å². The Morgan fingerprint density at radius 1 is 1.40 bits per heavy atom. The molecule has 0 aliphatic heterocycles. The molecule has 0 atom stereocenters. The second-order valence-electron chi connectivity index (χ2n) is 3.22. The number of nitrogens with zero attached hydrogens (tertiary/aromatic N) is 1. The van der Waals surface area contributed by atoms with Gasteiger partial charge in [0.2, 0.25) is 0 Å². The predicted octanol–water partition coefficient (Wildman–Crippen LogP) is 3.83. The van der Waals surface area contributed by atoms with Crippen molar-refractivity contribution in [2.45, 2.75) is 13.8 Å². The zero-order valence-electron chi connectivity index (χ0n) is 8.65. The Hall–Kier alpha value is -1.48. The molecule has 0 aliphatic carbocycles. The van der Waals surface area contributed by atoms with Crippen molar-refractivity contribution in [3.8, 4) is 0 Å². The zero-order chi connectivity index (χ0) is 10.8. The number of hydrogen-bond donors (Lipinski definition) is 0. The third kappa shape index (κ3) is 1.70. The molecule has 15 heavy (non-hydrogen) atoms. The number of rotatable bonds is 2. The number of thiophene rings is 1. The van der Waals surface area contributed by atoms with Gasteiger partial charge in [-0.2, -0.15) is 0 Å². The van der Waals surface area contributed by atoms with Gasteiger partial charge in [0.1, 0.15) is 0 Å². The summed E-state index contributed by atoms with van der Waals surface area (Å²) in [6.45, 7) is 3.44. The molecule has 76 valence electrons. The topological polar surface area (TPSA) is 29.4 Å². The standard InChI is InChI=1S/C12H11NOS/c1-3-13-11-9-6-4-5-7-10(9)15-12(11)8(2)14/h3-7H,1-2H3. The first kappa shape index (κ1) is 10.1. The number of fused-ring (bicyclic) bond motifs is 1. The molecule has 0 amide bonds. The molecule has 0 aliphatic rings. The highest BCUT2D eigenvalue weighted by molar-refractivity contribution is 7.21. The van der Waals surface area contributed by atoms with Gasteiger partial charge in [-0.3, -0.25) is 9.79 Å². The Labute approximate surface area is 92.3 Å². The van der Waals surface area contributed by atoms with E-state index in [0.29, 0.717) is 0 Å². The summed E-state index contributed by atoms with van der Waals surface area (Å²) in [5.74, 6) is 0.0804. The molecule has 2 aromatic rings. The molecular weight excluding hydrogens is 206 g/mol. The van der Waals surface area contributed by atoms with Gasteiger partial charge in [-0.25, -0.2) is 0 Å². The van der Waals surface area contributed by atoms with Gasteiger partial charge in [0.25, 0.3) is 0 Å². The first-order valence-electron chi connectivity index (χ1n) is 4.75. The Bertz CT molecular complexity index is 540. The van der Waals surface area contributed by atoms with E-state index >= 15 is 0 Å². The Kier molecular flexibility index (Phi) is 2.64. The van der Waals surface area contributed by atoms with Gasteiger partial charge in [-0.05, 0) is 13.0 Å². The summed E-state index contributed by atoms with van der Waals surface area (Å²) < 4.78 is 1.11. The van der Waals surface area contributed by atoms with Crippen LogP contribution >= 0.6 is 11.3 Å². The monoisotopic (exact) mass is 217 g/mol. The summed E-state index contributed by atoms with van der Waals surface area (Å²) in [5, 5.41) is 1.06. The number of hydrogen-bond acceptors (Lipinski definition) is 3. The lowest BCUT2D eigenvalue weighted by molar-refractivity contribution is 0.102. The smallest absolute Gasteiger partial charge is 0.171 e. The van der Waals surface area contributed by atoms with Gasteiger partial charge < -0.3 is 0 Å². The van der Waals surface area contributed by atoms with Crippen LogP contribution in [0.15, 0.2) is 29.3 Å². The third-order valence-corrected chi connectivity index (χ3v) is 3.41. The zero-order valence-corrected chi connectivity index (χ0v) is 9.47. The van der Waals surface area contributed by atoms with Crippen LogP contribution in [0, 0.1) is 0 Å². The highest BCUT2D eigenvalue weighted by atomic mass is 32.1. The van der Waals surface area contributed by atoms with Crippen LogP contribution in [0.4, 0.5) is 5.69 Å². The van der Waals surface area contributed by atoms with Crippen molar-refractivity contribution in [2.75, 3.05) is 0 Å². The third-order valence-electron chi connectivity index (χ3n) is 2.15. The number of Topliss-reactive ketones (excluding diaryl/α,β-unsaturated/α-hetero) is 1. The largest absolute Gasteiger partial charge is 0.294 e. The number of carbonyl (C=O) groups excluding carboxylic acids is 1. The van der Waals surface area contributed by atoms with Crippen LogP contribution in [0.2, 0.25) is 0 Å². The molecule has 0 radical (unpaired) electrons. The van der Waals surface area contributed by atoms with Crippen LogP contribution in [0.25, 0.3) is 10.1 Å². The fraction of sp³-hybridized carbons (Fsp3) is 0.167. The van der Waals surface area contributed by atoms with E-state index in [4.69, 9.17) is 0 Å². The highest BCUT2D eigenvalue weighted by Crippen LogP contribution is 2.37. The molecule has 0 unspecified atom stereocenters. The van der Waals surface area contributed by atoms with Crippen LogP contribution in [0.1, 0.15) is 23.5 Å². The first-order valence-corrected chi connectivity index (χ1v) is 5.57. The minimum Gasteiger partial charge on any atom is -0.294 e.